The van der Waals surface area contributed by atoms with E-state index < -0.39 is 16.2 Å². The summed E-state index contributed by atoms with van der Waals surface area (Å²) in [5.41, 5.74) is 0. The topological polar surface area (TPSA) is 116 Å². The first-order chi connectivity index (χ1) is 8.31. The van der Waals surface area contributed by atoms with Crippen LogP contribution in [0.25, 0.3) is 0 Å². The molecule has 0 bridgehead atoms. The van der Waals surface area contributed by atoms with Gasteiger partial charge in [0.2, 0.25) is 5.91 Å². The Hall–Kier alpha value is -1.19. The van der Waals surface area contributed by atoms with Crippen LogP contribution in [0.4, 0.5) is 0 Å². The predicted octanol–water partition coefficient (Wildman–Crippen LogP) is -1.49. The Labute approximate surface area is 106 Å². The highest BCUT2D eigenvalue weighted by Gasteiger charge is 2.24. The smallest absolute Gasteiger partial charge is 0.304 e. The molecule has 104 valence electrons. The maximum absolute atomic E-state index is 11.7. The van der Waals surface area contributed by atoms with Gasteiger partial charge in [-0.2, -0.15) is 12.7 Å². The Morgan fingerprint density at radius 1 is 1.61 bits per heavy atom. The maximum atomic E-state index is 11.7. The minimum atomic E-state index is -3.69. The summed E-state index contributed by atoms with van der Waals surface area (Å²) < 4.78 is 26.7. The Morgan fingerprint density at radius 2 is 2.28 bits per heavy atom. The van der Waals surface area contributed by atoms with E-state index in [-0.39, 0.29) is 31.5 Å². The number of carboxylic acids is 1. The Morgan fingerprint density at radius 3 is 2.78 bits per heavy atom. The molecular weight excluding hydrogens is 262 g/mol. The van der Waals surface area contributed by atoms with Crippen molar-refractivity contribution in [1.82, 2.24) is 14.3 Å². The highest BCUT2D eigenvalue weighted by molar-refractivity contribution is 7.87. The molecule has 1 saturated heterocycles. The van der Waals surface area contributed by atoms with E-state index >= 15 is 0 Å². The number of aliphatic carboxylic acids is 1. The third-order valence-corrected chi connectivity index (χ3v) is 4.18. The number of carbonyl (C=O) groups is 2. The zero-order valence-electron chi connectivity index (χ0n) is 10.0. The highest BCUT2D eigenvalue weighted by Crippen LogP contribution is 2.06. The SMILES string of the molecule is CN(CCC(=O)O)S(=O)(=O)NCC1CCC(=O)N1. The second-order valence-electron chi connectivity index (χ2n) is 4.12. The number of nitrogens with zero attached hydrogens (tertiary/aromatic N) is 1. The standard InChI is InChI=1S/C9H17N3O5S/c1-12(5-4-9(14)15)18(16,17)10-6-7-2-3-8(13)11-7/h7,10H,2-6H2,1H3,(H,11,13)(H,14,15). The summed E-state index contributed by atoms with van der Waals surface area (Å²) in [5, 5.41) is 11.1. The van der Waals surface area contributed by atoms with Crippen LogP contribution < -0.4 is 10.0 Å². The van der Waals surface area contributed by atoms with E-state index in [1.807, 2.05) is 0 Å². The van der Waals surface area contributed by atoms with E-state index in [0.29, 0.717) is 12.8 Å². The molecule has 1 aliphatic rings. The lowest BCUT2D eigenvalue weighted by Crippen LogP contribution is -2.44. The fraction of sp³-hybridized carbons (Fsp3) is 0.778. The molecule has 18 heavy (non-hydrogen) atoms. The number of hydrogen-bond donors (Lipinski definition) is 3. The number of hydrogen-bond acceptors (Lipinski definition) is 4. The van der Waals surface area contributed by atoms with Gasteiger partial charge in [0.05, 0.1) is 6.42 Å². The average molecular weight is 279 g/mol. The van der Waals surface area contributed by atoms with Crippen LogP contribution in [-0.4, -0.2) is 55.9 Å². The van der Waals surface area contributed by atoms with Crippen LogP contribution in [0.2, 0.25) is 0 Å². The molecule has 1 heterocycles. The monoisotopic (exact) mass is 279 g/mol. The second-order valence-corrected chi connectivity index (χ2v) is 5.98. The van der Waals surface area contributed by atoms with Gasteiger partial charge in [0.25, 0.3) is 10.2 Å². The summed E-state index contributed by atoms with van der Waals surface area (Å²) in [7, 11) is -2.39. The first-order valence-electron chi connectivity index (χ1n) is 5.53. The lowest BCUT2D eigenvalue weighted by Gasteiger charge is -2.18. The minimum absolute atomic E-state index is 0.0848. The van der Waals surface area contributed by atoms with Gasteiger partial charge in [0.15, 0.2) is 0 Å². The minimum Gasteiger partial charge on any atom is -0.481 e. The highest BCUT2D eigenvalue weighted by atomic mass is 32.2. The molecule has 9 heteroatoms. The fourth-order valence-corrected chi connectivity index (χ4v) is 2.48. The zero-order valence-corrected chi connectivity index (χ0v) is 10.9. The second kappa shape index (κ2) is 6.12. The van der Waals surface area contributed by atoms with Crippen LogP contribution in [0.3, 0.4) is 0 Å². The van der Waals surface area contributed by atoms with Crippen LogP contribution in [0.1, 0.15) is 19.3 Å². The Balaban J connectivity index is 2.39. The van der Waals surface area contributed by atoms with E-state index in [2.05, 4.69) is 10.0 Å². The van der Waals surface area contributed by atoms with Gasteiger partial charge in [0, 0.05) is 32.6 Å². The van der Waals surface area contributed by atoms with Gasteiger partial charge in [-0.3, -0.25) is 9.59 Å². The molecule has 0 aliphatic carbocycles. The van der Waals surface area contributed by atoms with Crippen molar-refractivity contribution in [3.05, 3.63) is 0 Å². The lowest BCUT2D eigenvalue weighted by atomic mass is 10.2. The number of nitrogens with one attached hydrogen (secondary N) is 2. The normalized spacial score (nSPS) is 20.1. The lowest BCUT2D eigenvalue weighted by molar-refractivity contribution is -0.137. The van der Waals surface area contributed by atoms with Crippen molar-refractivity contribution in [2.24, 2.45) is 0 Å². The molecule has 0 aromatic carbocycles. The average Bonchev–Trinajstić information content (AvgIpc) is 2.69. The summed E-state index contributed by atoms with van der Waals surface area (Å²) >= 11 is 0. The molecule has 0 saturated carbocycles. The first-order valence-corrected chi connectivity index (χ1v) is 6.97. The van der Waals surface area contributed by atoms with Crippen molar-refractivity contribution in [2.75, 3.05) is 20.1 Å². The van der Waals surface area contributed by atoms with Crippen molar-refractivity contribution in [2.45, 2.75) is 25.3 Å². The Kier molecular flexibility index (Phi) is 5.05. The number of carboxylic acid groups (broad SMARTS) is 1. The van der Waals surface area contributed by atoms with Crippen LogP contribution >= 0.6 is 0 Å². The molecule has 1 amide bonds. The zero-order chi connectivity index (χ0) is 13.8. The van der Waals surface area contributed by atoms with Gasteiger partial charge >= 0.3 is 5.97 Å². The molecule has 1 rings (SSSR count). The predicted molar refractivity (Wildman–Crippen MR) is 63.0 cm³/mol. The summed E-state index contributed by atoms with van der Waals surface area (Å²) in [6.45, 7) is 0.0210. The quantitative estimate of drug-likeness (QED) is 0.525. The molecule has 0 radical (unpaired) electrons. The van der Waals surface area contributed by atoms with Gasteiger partial charge in [-0.25, -0.2) is 4.72 Å². The Bertz CT molecular complexity index is 422. The summed E-state index contributed by atoms with van der Waals surface area (Å²) in [6, 6.07) is -0.194. The molecule has 8 nitrogen and oxygen atoms in total. The van der Waals surface area contributed by atoms with Gasteiger partial charge in [-0.05, 0) is 6.42 Å². The molecule has 0 aromatic heterocycles. The van der Waals surface area contributed by atoms with Crippen LogP contribution in [0.15, 0.2) is 0 Å². The molecule has 0 aromatic rings. The van der Waals surface area contributed by atoms with E-state index in [1.165, 1.54) is 7.05 Å². The molecule has 1 unspecified atom stereocenters. The van der Waals surface area contributed by atoms with Crippen LogP contribution in [-0.2, 0) is 19.8 Å². The van der Waals surface area contributed by atoms with Crippen molar-refractivity contribution >= 4 is 22.1 Å². The number of rotatable bonds is 7. The van der Waals surface area contributed by atoms with E-state index in [0.717, 1.165) is 4.31 Å². The first kappa shape index (κ1) is 14.9. The molecule has 1 aliphatic heterocycles. The van der Waals surface area contributed by atoms with Crippen molar-refractivity contribution in [3.63, 3.8) is 0 Å². The van der Waals surface area contributed by atoms with Crippen molar-refractivity contribution in [3.8, 4) is 0 Å². The van der Waals surface area contributed by atoms with Crippen molar-refractivity contribution < 1.29 is 23.1 Å². The maximum Gasteiger partial charge on any atom is 0.304 e. The largest absolute Gasteiger partial charge is 0.481 e. The van der Waals surface area contributed by atoms with Gasteiger partial charge < -0.3 is 10.4 Å². The van der Waals surface area contributed by atoms with Crippen LogP contribution in [0.5, 0.6) is 0 Å². The van der Waals surface area contributed by atoms with Gasteiger partial charge in [0.1, 0.15) is 0 Å². The van der Waals surface area contributed by atoms with Crippen molar-refractivity contribution in [1.29, 1.82) is 0 Å². The van der Waals surface area contributed by atoms with Crippen LogP contribution in [0, 0.1) is 0 Å². The van der Waals surface area contributed by atoms with E-state index in [1.54, 1.807) is 0 Å². The molecule has 0 spiro atoms. The fourth-order valence-electron chi connectivity index (χ4n) is 1.52. The summed E-state index contributed by atoms with van der Waals surface area (Å²) in [4.78, 5) is 21.3. The van der Waals surface area contributed by atoms with E-state index in [4.69, 9.17) is 5.11 Å². The van der Waals surface area contributed by atoms with Gasteiger partial charge in [-0.1, -0.05) is 0 Å². The summed E-state index contributed by atoms with van der Waals surface area (Å²) in [6.07, 6.45) is 0.749. The number of carbonyl (C=O) groups excluding carboxylic acids is 1. The van der Waals surface area contributed by atoms with E-state index in [9.17, 15) is 18.0 Å². The molecule has 1 fully saturated rings. The molecular formula is C9H17N3O5S. The van der Waals surface area contributed by atoms with Gasteiger partial charge in [-0.15, -0.1) is 0 Å². The molecule has 1 atom stereocenters. The third-order valence-electron chi connectivity index (χ3n) is 2.65. The third kappa shape index (κ3) is 4.59. The molecule has 3 N–H and O–H groups in total. The number of amides is 1. The summed E-state index contributed by atoms with van der Waals surface area (Å²) in [5.74, 6) is -1.14.